The number of benzene rings is 1. The molecule has 0 aliphatic carbocycles. The van der Waals surface area contributed by atoms with E-state index in [-0.39, 0.29) is 34.9 Å². The van der Waals surface area contributed by atoms with Crippen LogP contribution in [-0.4, -0.2) is 45.4 Å². The molecular weight excluding hydrogens is 416 g/mol. The Morgan fingerprint density at radius 2 is 1.70 bits per heavy atom. The molecule has 1 aliphatic heterocycles. The third-order valence-electron chi connectivity index (χ3n) is 5.11. The summed E-state index contributed by atoms with van der Waals surface area (Å²) in [5.41, 5.74) is 0.988. The summed E-state index contributed by atoms with van der Waals surface area (Å²) in [4.78, 5) is 12.1. The highest BCUT2D eigenvalue weighted by Gasteiger charge is 2.41. The summed E-state index contributed by atoms with van der Waals surface area (Å²) in [6.45, 7) is -0.212. The van der Waals surface area contributed by atoms with Gasteiger partial charge in [-0.05, 0) is 19.9 Å². The van der Waals surface area contributed by atoms with E-state index < -0.39 is 22.6 Å². The summed E-state index contributed by atoms with van der Waals surface area (Å²) in [6, 6.07) is 11.9. The molecule has 158 valence electrons. The van der Waals surface area contributed by atoms with Crippen LogP contribution in [0.4, 0.5) is 8.78 Å². The number of sulfonamides is 1. The van der Waals surface area contributed by atoms with Crippen molar-refractivity contribution in [3.8, 4) is 11.3 Å². The summed E-state index contributed by atoms with van der Waals surface area (Å²) in [7, 11) is -4.02. The molecule has 1 aromatic carbocycles. The number of aryl methyl sites for hydroxylation is 1. The minimum atomic E-state index is -4.02. The molecule has 0 bridgehead atoms. The molecule has 11 heteroatoms. The molecule has 0 radical (unpaired) electrons. The van der Waals surface area contributed by atoms with Gasteiger partial charge >= 0.3 is 6.55 Å². The van der Waals surface area contributed by atoms with Crippen LogP contribution in [0.3, 0.4) is 0 Å². The fourth-order valence-corrected chi connectivity index (χ4v) is 5.43. The Hall–Kier alpha value is -2.92. The van der Waals surface area contributed by atoms with Gasteiger partial charge in [0.05, 0.1) is 23.1 Å². The van der Waals surface area contributed by atoms with Gasteiger partial charge in [0, 0.05) is 24.7 Å². The van der Waals surface area contributed by atoms with E-state index in [0.717, 1.165) is 9.87 Å². The lowest BCUT2D eigenvalue weighted by atomic mass is 10.1. The number of hydrogen-bond acceptors (Lipinski definition) is 5. The standard InChI is InChI=1S/C19H19F2N5O3S/c1-12-18(13(2)25(22-12)19(20)21)30(28,29)24-10-15(11-24)26-17(27)9-8-16(23-26)14-6-4-3-5-7-14/h3-9,15,19H,10-11H2,1-2H3. The molecule has 3 aromatic rings. The zero-order valence-corrected chi connectivity index (χ0v) is 17.1. The molecule has 0 unspecified atom stereocenters. The Labute approximate surface area is 171 Å². The van der Waals surface area contributed by atoms with Gasteiger partial charge < -0.3 is 0 Å². The highest BCUT2D eigenvalue weighted by molar-refractivity contribution is 7.89. The predicted molar refractivity (Wildman–Crippen MR) is 105 cm³/mol. The molecule has 8 nitrogen and oxygen atoms in total. The number of nitrogens with zero attached hydrogens (tertiary/aromatic N) is 5. The van der Waals surface area contributed by atoms with Gasteiger partial charge in [-0.2, -0.15) is 23.3 Å². The molecule has 0 spiro atoms. The van der Waals surface area contributed by atoms with Crippen LogP contribution in [0.1, 0.15) is 24.0 Å². The Kier molecular flexibility index (Phi) is 5.02. The summed E-state index contributed by atoms with van der Waals surface area (Å²) < 4.78 is 54.9. The summed E-state index contributed by atoms with van der Waals surface area (Å²) in [5.74, 6) is 0. The number of rotatable bonds is 5. The first-order chi connectivity index (χ1) is 14.2. The number of alkyl halides is 2. The third kappa shape index (κ3) is 3.33. The van der Waals surface area contributed by atoms with Gasteiger partial charge in [0.2, 0.25) is 10.0 Å². The van der Waals surface area contributed by atoms with Crippen molar-refractivity contribution in [3.63, 3.8) is 0 Å². The molecule has 1 saturated heterocycles. The second-order valence-corrected chi connectivity index (χ2v) is 8.94. The molecule has 2 aromatic heterocycles. The van der Waals surface area contributed by atoms with Crippen LogP contribution in [0, 0.1) is 13.8 Å². The third-order valence-corrected chi connectivity index (χ3v) is 7.20. The summed E-state index contributed by atoms with van der Waals surface area (Å²) in [5, 5.41) is 8.03. The van der Waals surface area contributed by atoms with Crippen molar-refractivity contribution >= 4 is 10.0 Å². The molecule has 0 atom stereocenters. The lowest BCUT2D eigenvalue weighted by molar-refractivity contribution is 0.0538. The zero-order valence-electron chi connectivity index (χ0n) is 16.2. The molecular formula is C19H19F2N5O3S. The second-order valence-electron chi connectivity index (χ2n) is 7.07. The molecule has 0 N–H and O–H groups in total. The lowest BCUT2D eigenvalue weighted by Gasteiger charge is -2.38. The van der Waals surface area contributed by atoms with Gasteiger partial charge in [-0.15, -0.1) is 0 Å². The molecule has 30 heavy (non-hydrogen) atoms. The second kappa shape index (κ2) is 7.40. The first-order valence-electron chi connectivity index (χ1n) is 9.19. The average Bonchev–Trinajstić information content (AvgIpc) is 2.97. The molecule has 4 rings (SSSR count). The normalized spacial score (nSPS) is 15.5. The van der Waals surface area contributed by atoms with Crippen LogP contribution in [0.5, 0.6) is 0 Å². The van der Waals surface area contributed by atoms with Crippen molar-refractivity contribution in [2.75, 3.05) is 13.1 Å². The van der Waals surface area contributed by atoms with Crippen molar-refractivity contribution in [1.82, 2.24) is 23.9 Å². The van der Waals surface area contributed by atoms with Gasteiger partial charge in [-0.25, -0.2) is 17.8 Å². The average molecular weight is 435 g/mol. The Morgan fingerprint density at radius 3 is 2.30 bits per heavy atom. The van der Waals surface area contributed by atoms with E-state index in [9.17, 15) is 22.0 Å². The van der Waals surface area contributed by atoms with E-state index in [2.05, 4.69) is 10.2 Å². The fourth-order valence-electron chi connectivity index (χ4n) is 3.56. The first kappa shape index (κ1) is 20.4. The molecule has 1 aliphatic rings. The first-order valence-corrected chi connectivity index (χ1v) is 10.6. The SMILES string of the molecule is Cc1nn(C(F)F)c(C)c1S(=O)(=O)N1CC(n2nc(-c3ccccc3)ccc2=O)C1. The molecule has 0 saturated carbocycles. The van der Waals surface area contributed by atoms with Crippen molar-refractivity contribution in [2.24, 2.45) is 0 Å². The molecule has 0 amide bonds. The Bertz CT molecular complexity index is 1250. The van der Waals surface area contributed by atoms with Crippen LogP contribution in [0.25, 0.3) is 11.3 Å². The van der Waals surface area contributed by atoms with Crippen molar-refractivity contribution in [1.29, 1.82) is 0 Å². The maximum atomic E-state index is 13.1. The monoisotopic (exact) mass is 435 g/mol. The maximum absolute atomic E-state index is 13.1. The predicted octanol–water partition coefficient (Wildman–Crippen LogP) is 2.36. The van der Waals surface area contributed by atoms with Gasteiger partial charge in [-0.1, -0.05) is 30.3 Å². The van der Waals surface area contributed by atoms with Crippen LogP contribution in [0.15, 0.2) is 52.2 Å². The smallest absolute Gasteiger partial charge is 0.268 e. The van der Waals surface area contributed by atoms with Gasteiger partial charge in [0.1, 0.15) is 4.90 Å². The largest absolute Gasteiger partial charge is 0.333 e. The van der Waals surface area contributed by atoms with Crippen LogP contribution in [0.2, 0.25) is 0 Å². The van der Waals surface area contributed by atoms with Crippen molar-refractivity contribution < 1.29 is 17.2 Å². The minimum Gasteiger partial charge on any atom is -0.268 e. The number of halogens is 2. The fraction of sp³-hybridized carbons (Fsp3) is 0.316. The van der Waals surface area contributed by atoms with Gasteiger partial charge in [-0.3, -0.25) is 4.79 Å². The van der Waals surface area contributed by atoms with E-state index in [1.54, 1.807) is 6.07 Å². The van der Waals surface area contributed by atoms with Crippen LogP contribution >= 0.6 is 0 Å². The number of hydrogen-bond donors (Lipinski definition) is 0. The highest BCUT2D eigenvalue weighted by atomic mass is 32.2. The van der Waals surface area contributed by atoms with Gasteiger partial charge in [0.25, 0.3) is 5.56 Å². The minimum absolute atomic E-state index is 0.0117. The summed E-state index contributed by atoms with van der Waals surface area (Å²) in [6.07, 6.45) is 0. The van der Waals surface area contributed by atoms with Crippen LogP contribution in [-0.2, 0) is 10.0 Å². The van der Waals surface area contributed by atoms with E-state index in [4.69, 9.17) is 0 Å². The Balaban J connectivity index is 1.59. The quantitative estimate of drug-likeness (QED) is 0.614. The maximum Gasteiger partial charge on any atom is 0.333 e. The molecule has 1 fully saturated rings. The van der Waals surface area contributed by atoms with Crippen LogP contribution < -0.4 is 5.56 Å². The number of aromatic nitrogens is 4. The molecule has 3 heterocycles. The van der Waals surface area contributed by atoms with Crippen molar-refractivity contribution in [2.45, 2.75) is 31.3 Å². The van der Waals surface area contributed by atoms with E-state index in [1.165, 1.54) is 24.6 Å². The zero-order chi connectivity index (χ0) is 21.6. The van der Waals surface area contributed by atoms with E-state index in [1.807, 2.05) is 30.3 Å². The summed E-state index contributed by atoms with van der Waals surface area (Å²) >= 11 is 0. The van der Waals surface area contributed by atoms with Gasteiger partial charge in [0.15, 0.2) is 0 Å². The van der Waals surface area contributed by atoms with E-state index in [0.29, 0.717) is 10.4 Å². The Morgan fingerprint density at radius 1 is 1.03 bits per heavy atom. The van der Waals surface area contributed by atoms with Crippen molar-refractivity contribution in [3.05, 3.63) is 64.2 Å². The topological polar surface area (TPSA) is 90.1 Å². The van der Waals surface area contributed by atoms with E-state index >= 15 is 0 Å². The lowest BCUT2D eigenvalue weighted by Crippen LogP contribution is -2.53. The highest BCUT2D eigenvalue weighted by Crippen LogP contribution is 2.32.